The van der Waals surface area contributed by atoms with Gasteiger partial charge < -0.3 is 15.2 Å². The number of hydrogen-bond acceptors (Lipinski definition) is 3. The number of hydrogen-bond donors (Lipinski definition) is 1. The van der Waals surface area contributed by atoms with E-state index in [2.05, 4.69) is 0 Å². The summed E-state index contributed by atoms with van der Waals surface area (Å²) >= 11 is 5.84. The maximum atomic E-state index is 5.84. The molecule has 3 nitrogen and oxygen atoms in total. The fraction of sp³-hybridized carbons (Fsp3) is 0.400. The summed E-state index contributed by atoms with van der Waals surface area (Å²) in [5.41, 5.74) is 6.20. The van der Waals surface area contributed by atoms with Gasteiger partial charge in [-0.05, 0) is 19.1 Å². The van der Waals surface area contributed by atoms with E-state index in [1.54, 1.807) is 25.3 Å². The van der Waals surface area contributed by atoms with Crippen LogP contribution in [0.4, 0.5) is 5.69 Å². The smallest absolute Gasteiger partial charge is 0.144 e. The number of benzene rings is 1. The molecule has 1 aromatic rings. The van der Waals surface area contributed by atoms with Gasteiger partial charge in [0.1, 0.15) is 11.9 Å². The predicted molar refractivity (Wildman–Crippen MR) is 57.8 cm³/mol. The Hall–Kier alpha value is -0.930. The van der Waals surface area contributed by atoms with Crippen LogP contribution in [0.15, 0.2) is 18.2 Å². The first kappa shape index (κ1) is 11.1. The summed E-state index contributed by atoms with van der Waals surface area (Å²) in [7, 11) is 1.63. The lowest BCUT2D eigenvalue weighted by Gasteiger charge is -2.15. The minimum atomic E-state index is -0.0410. The quantitative estimate of drug-likeness (QED) is 0.785. The molecule has 1 rings (SSSR count). The van der Waals surface area contributed by atoms with E-state index >= 15 is 0 Å². The lowest BCUT2D eigenvalue weighted by atomic mass is 10.3. The molecule has 0 aliphatic carbocycles. The Morgan fingerprint density at radius 3 is 2.86 bits per heavy atom. The average Bonchev–Trinajstić information content (AvgIpc) is 2.13. The van der Waals surface area contributed by atoms with Gasteiger partial charge in [0.2, 0.25) is 0 Å². The summed E-state index contributed by atoms with van der Waals surface area (Å²) in [5, 5.41) is 0.507. The highest BCUT2D eigenvalue weighted by Crippen LogP contribution is 2.29. The Kier molecular flexibility index (Phi) is 4.04. The van der Waals surface area contributed by atoms with Crippen molar-refractivity contribution in [1.82, 2.24) is 0 Å². The number of ether oxygens (including phenoxy) is 2. The van der Waals surface area contributed by atoms with Crippen molar-refractivity contribution in [2.45, 2.75) is 13.0 Å². The van der Waals surface area contributed by atoms with Crippen LogP contribution in [-0.4, -0.2) is 19.8 Å². The number of halogens is 1. The van der Waals surface area contributed by atoms with Crippen LogP contribution < -0.4 is 10.5 Å². The fourth-order valence-electron chi connectivity index (χ4n) is 1.11. The Morgan fingerprint density at radius 2 is 2.21 bits per heavy atom. The highest BCUT2D eigenvalue weighted by Gasteiger charge is 2.08. The predicted octanol–water partition coefficient (Wildman–Crippen LogP) is 2.34. The van der Waals surface area contributed by atoms with E-state index < -0.39 is 0 Å². The van der Waals surface area contributed by atoms with Gasteiger partial charge in [-0.1, -0.05) is 17.7 Å². The number of para-hydroxylation sites is 1. The molecule has 0 aliphatic rings. The third-order valence-electron chi connectivity index (χ3n) is 1.74. The van der Waals surface area contributed by atoms with E-state index in [4.69, 9.17) is 26.8 Å². The van der Waals surface area contributed by atoms with Gasteiger partial charge >= 0.3 is 0 Å². The first-order chi connectivity index (χ1) is 6.65. The molecule has 0 spiro atoms. The molecule has 2 N–H and O–H groups in total. The number of nitrogens with two attached hydrogens (primary N) is 1. The topological polar surface area (TPSA) is 44.5 Å². The highest BCUT2D eigenvalue weighted by molar-refractivity contribution is 6.33. The van der Waals surface area contributed by atoms with Crippen LogP contribution in [0.3, 0.4) is 0 Å². The third kappa shape index (κ3) is 2.79. The Bertz CT molecular complexity index is 304. The molecule has 0 fully saturated rings. The van der Waals surface area contributed by atoms with Crippen LogP contribution in [0.5, 0.6) is 5.75 Å². The van der Waals surface area contributed by atoms with E-state index in [1.807, 2.05) is 6.92 Å². The van der Waals surface area contributed by atoms with E-state index in [0.717, 1.165) is 0 Å². The summed E-state index contributed by atoms with van der Waals surface area (Å²) in [6.07, 6.45) is -0.0410. The number of methoxy groups -OCH3 is 1. The molecule has 0 aliphatic heterocycles. The van der Waals surface area contributed by atoms with Crippen molar-refractivity contribution in [2.75, 3.05) is 19.5 Å². The molecule has 0 bridgehead atoms. The molecule has 4 heteroatoms. The number of nitrogen functional groups attached to an aromatic ring is 1. The first-order valence-electron chi connectivity index (χ1n) is 4.34. The standard InChI is InChI=1S/C10H14ClNO2/c1-7(6-13-2)14-9-5-3-4-8(11)10(9)12/h3-5,7H,6,12H2,1-2H3. The summed E-state index contributed by atoms with van der Waals surface area (Å²) in [4.78, 5) is 0. The maximum Gasteiger partial charge on any atom is 0.144 e. The first-order valence-corrected chi connectivity index (χ1v) is 4.72. The molecule has 1 atom stereocenters. The molecule has 0 heterocycles. The average molecular weight is 216 g/mol. The largest absolute Gasteiger partial charge is 0.486 e. The summed E-state index contributed by atoms with van der Waals surface area (Å²) < 4.78 is 10.5. The molecule has 1 aromatic carbocycles. The minimum Gasteiger partial charge on any atom is -0.486 e. The molecule has 0 aromatic heterocycles. The molecule has 78 valence electrons. The van der Waals surface area contributed by atoms with Crippen molar-refractivity contribution in [1.29, 1.82) is 0 Å². The SMILES string of the molecule is COCC(C)Oc1cccc(Cl)c1N. The van der Waals surface area contributed by atoms with Crippen molar-refractivity contribution in [2.24, 2.45) is 0 Å². The number of anilines is 1. The van der Waals surface area contributed by atoms with Crippen molar-refractivity contribution >= 4 is 17.3 Å². The van der Waals surface area contributed by atoms with Gasteiger partial charge in [-0.25, -0.2) is 0 Å². The van der Waals surface area contributed by atoms with Gasteiger partial charge in [-0.15, -0.1) is 0 Å². The fourth-order valence-corrected chi connectivity index (χ4v) is 1.27. The Labute approximate surface area is 88.8 Å². The van der Waals surface area contributed by atoms with Crippen LogP contribution >= 0.6 is 11.6 Å². The van der Waals surface area contributed by atoms with Gasteiger partial charge in [0.15, 0.2) is 0 Å². The van der Waals surface area contributed by atoms with Crippen LogP contribution in [0.25, 0.3) is 0 Å². The van der Waals surface area contributed by atoms with E-state index in [0.29, 0.717) is 23.1 Å². The summed E-state index contributed by atoms with van der Waals surface area (Å²) in [6.45, 7) is 2.43. The molecule has 14 heavy (non-hydrogen) atoms. The zero-order valence-electron chi connectivity index (χ0n) is 8.29. The van der Waals surface area contributed by atoms with Crippen LogP contribution in [0.2, 0.25) is 5.02 Å². The Balaban J connectivity index is 2.71. The van der Waals surface area contributed by atoms with Gasteiger partial charge in [0, 0.05) is 7.11 Å². The van der Waals surface area contributed by atoms with Crippen LogP contribution in [0.1, 0.15) is 6.92 Å². The second kappa shape index (κ2) is 5.08. The molecule has 0 radical (unpaired) electrons. The van der Waals surface area contributed by atoms with Gasteiger partial charge in [0.05, 0.1) is 17.3 Å². The van der Waals surface area contributed by atoms with Crippen molar-refractivity contribution in [3.63, 3.8) is 0 Å². The van der Waals surface area contributed by atoms with E-state index in [-0.39, 0.29) is 6.10 Å². The molecule has 0 amide bonds. The van der Waals surface area contributed by atoms with Gasteiger partial charge in [-0.3, -0.25) is 0 Å². The molecular formula is C10H14ClNO2. The normalized spacial score (nSPS) is 12.5. The molecular weight excluding hydrogens is 202 g/mol. The summed E-state index contributed by atoms with van der Waals surface area (Å²) in [5.74, 6) is 0.599. The lowest BCUT2D eigenvalue weighted by Crippen LogP contribution is -2.18. The molecule has 0 saturated carbocycles. The van der Waals surface area contributed by atoms with Crippen molar-refractivity contribution in [3.8, 4) is 5.75 Å². The van der Waals surface area contributed by atoms with Crippen molar-refractivity contribution in [3.05, 3.63) is 23.2 Å². The van der Waals surface area contributed by atoms with Crippen LogP contribution in [0, 0.1) is 0 Å². The molecule has 1 unspecified atom stereocenters. The minimum absolute atomic E-state index is 0.0410. The summed E-state index contributed by atoms with van der Waals surface area (Å²) in [6, 6.07) is 5.31. The van der Waals surface area contributed by atoms with Crippen molar-refractivity contribution < 1.29 is 9.47 Å². The number of rotatable bonds is 4. The van der Waals surface area contributed by atoms with E-state index in [1.165, 1.54) is 0 Å². The second-order valence-electron chi connectivity index (χ2n) is 3.04. The lowest BCUT2D eigenvalue weighted by molar-refractivity contribution is 0.0926. The molecule has 0 saturated heterocycles. The van der Waals surface area contributed by atoms with Gasteiger partial charge in [0.25, 0.3) is 0 Å². The zero-order valence-corrected chi connectivity index (χ0v) is 9.04. The maximum absolute atomic E-state index is 5.84. The monoisotopic (exact) mass is 215 g/mol. The van der Waals surface area contributed by atoms with Gasteiger partial charge in [-0.2, -0.15) is 0 Å². The van der Waals surface area contributed by atoms with Crippen LogP contribution in [-0.2, 0) is 4.74 Å². The highest BCUT2D eigenvalue weighted by atomic mass is 35.5. The third-order valence-corrected chi connectivity index (χ3v) is 2.07. The Morgan fingerprint density at radius 1 is 1.50 bits per heavy atom. The second-order valence-corrected chi connectivity index (χ2v) is 3.44. The zero-order chi connectivity index (χ0) is 10.6. The van der Waals surface area contributed by atoms with E-state index in [9.17, 15) is 0 Å².